The second-order valence-corrected chi connectivity index (χ2v) is 8.67. The normalized spacial score (nSPS) is 18.4. The highest BCUT2D eigenvalue weighted by Gasteiger charge is 2.47. The van der Waals surface area contributed by atoms with E-state index in [9.17, 15) is 14.7 Å². The zero-order chi connectivity index (χ0) is 23.8. The number of ether oxygens (including phenoxy) is 1. The number of carbonyl (C=O) groups is 2. The van der Waals surface area contributed by atoms with E-state index in [1.54, 1.807) is 53.4 Å². The first-order valence-corrected chi connectivity index (χ1v) is 11.6. The molecular formula is C25H23ClN4O4. The van der Waals surface area contributed by atoms with Gasteiger partial charge in [0.1, 0.15) is 5.57 Å². The van der Waals surface area contributed by atoms with Crippen molar-refractivity contribution in [3.05, 3.63) is 71.1 Å². The van der Waals surface area contributed by atoms with Crippen molar-refractivity contribution in [3.63, 3.8) is 0 Å². The molecule has 2 aliphatic rings. The van der Waals surface area contributed by atoms with Crippen molar-refractivity contribution >= 4 is 34.7 Å². The molecule has 0 spiro atoms. The first kappa shape index (κ1) is 22.3. The quantitative estimate of drug-likeness (QED) is 0.400. The zero-order valence-electron chi connectivity index (χ0n) is 18.6. The van der Waals surface area contributed by atoms with Crippen LogP contribution in [0.15, 0.2) is 54.9 Å². The minimum atomic E-state index is -0.510. The van der Waals surface area contributed by atoms with Gasteiger partial charge in [-0.15, -0.1) is 0 Å². The number of hydrogen-bond acceptors (Lipinski definition) is 5. The number of carbonyl (C=O) groups excluding carboxylic acids is 2. The number of amides is 2. The van der Waals surface area contributed by atoms with Crippen LogP contribution >= 0.6 is 11.6 Å². The molecule has 4 heterocycles. The Morgan fingerprint density at radius 1 is 1.18 bits per heavy atom. The van der Waals surface area contributed by atoms with Gasteiger partial charge in [-0.3, -0.25) is 14.5 Å². The summed E-state index contributed by atoms with van der Waals surface area (Å²) in [4.78, 5) is 28.4. The monoisotopic (exact) mass is 478 g/mol. The third-order valence-electron chi connectivity index (χ3n) is 6.08. The molecule has 5 rings (SSSR count). The Bertz CT molecular complexity index is 1300. The van der Waals surface area contributed by atoms with Crippen LogP contribution in [-0.4, -0.2) is 45.8 Å². The Balaban J connectivity index is 1.68. The predicted octanol–water partition coefficient (Wildman–Crippen LogP) is 2.37. The van der Waals surface area contributed by atoms with Crippen molar-refractivity contribution < 1.29 is 24.0 Å². The largest absolute Gasteiger partial charge is 0.858 e. The number of aromatic nitrogens is 3. The highest BCUT2D eigenvalue weighted by molar-refractivity contribution is 6.45. The van der Waals surface area contributed by atoms with E-state index in [0.717, 1.165) is 12.8 Å². The molecule has 0 saturated carbocycles. The van der Waals surface area contributed by atoms with Crippen molar-refractivity contribution in [2.24, 2.45) is 0 Å². The van der Waals surface area contributed by atoms with Crippen LogP contribution in [0.1, 0.15) is 31.0 Å². The lowest BCUT2D eigenvalue weighted by Crippen LogP contribution is -2.42. The molecule has 1 aromatic carbocycles. The Morgan fingerprint density at radius 2 is 1.97 bits per heavy atom. The fourth-order valence-corrected chi connectivity index (χ4v) is 4.65. The first-order valence-electron chi connectivity index (χ1n) is 11.2. The summed E-state index contributed by atoms with van der Waals surface area (Å²) < 4.78 is 8.49. The van der Waals surface area contributed by atoms with Gasteiger partial charge in [-0.05, 0) is 43.3 Å². The van der Waals surface area contributed by atoms with Gasteiger partial charge < -0.3 is 9.84 Å². The lowest BCUT2D eigenvalue weighted by Gasteiger charge is -2.18. The molecule has 8 nitrogen and oxygen atoms in total. The van der Waals surface area contributed by atoms with Crippen LogP contribution in [-0.2, 0) is 20.7 Å². The first-order chi connectivity index (χ1) is 16.5. The van der Waals surface area contributed by atoms with E-state index in [1.165, 1.54) is 9.58 Å². The third kappa shape index (κ3) is 3.78. The summed E-state index contributed by atoms with van der Waals surface area (Å²) in [5.74, 6) is -1.43. The lowest BCUT2D eigenvalue weighted by molar-refractivity contribution is -0.576. The van der Waals surface area contributed by atoms with Gasteiger partial charge in [-0.25, -0.2) is 4.68 Å². The SMILES string of the molecule is CCc1nn(-c2cccc(Cl)c2)c([O-])c1C1=C([n+]2ccccc2)C(=O)N(CC2CCCO2)C1=O. The topological polar surface area (TPSA) is 91.4 Å². The molecule has 3 aromatic rings. The fourth-order valence-electron chi connectivity index (χ4n) is 4.46. The van der Waals surface area contributed by atoms with E-state index in [4.69, 9.17) is 16.3 Å². The van der Waals surface area contributed by atoms with E-state index in [-0.39, 0.29) is 29.5 Å². The summed E-state index contributed by atoms with van der Waals surface area (Å²) in [6.07, 6.45) is 5.24. The standard InChI is InChI=1S/C25H23ClN4O4/c1-2-19-20(24(32)30(27-19)17-9-6-8-16(26)14-17)21-22(28-11-4-3-5-12-28)25(33)29(23(21)31)15-18-10-7-13-34-18/h3-6,8-9,11-12,14,18H,2,7,10,13,15H2,1H3. The summed E-state index contributed by atoms with van der Waals surface area (Å²) in [6.45, 7) is 2.61. The van der Waals surface area contributed by atoms with E-state index in [2.05, 4.69) is 5.10 Å². The summed E-state index contributed by atoms with van der Waals surface area (Å²) in [7, 11) is 0. The van der Waals surface area contributed by atoms with E-state index < -0.39 is 17.7 Å². The van der Waals surface area contributed by atoms with E-state index in [0.29, 0.717) is 29.4 Å². The molecule has 0 bridgehead atoms. The predicted molar refractivity (Wildman–Crippen MR) is 123 cm³/mol. The van der Waals surface area contributed by atoms with Gasteiger partial charge in [0, 0.05) is 29.3 Å². The maximum Gasteiger partial charge on any atom is 0.327 e. The Labute approximate surface area is 201 Å². The molecular weight excluding hydrogens is 456 g/mol. The van der Waals surface area contributed by atoms with Crippen molar-refractivity contribution in [1.29, 1.82) is 0 Å². The van der Waals surface area contributed by atoms with Crippen molar-refractivity contribution in [1.82, 2.24) is 14.7 Å². The average Bonchev–Trinajstić information content (AvgIpc) is 3.53. The molecule has 2 aromatic heterocycles. The molecule has 0 radical (unpaired) electrons. The molecule has 174 valence electrons. The average molecular weight is 479 g/mol. The van der Waals surface area contributed by atoms with Crippen LogP contribution in [0, 0.1) is 0 Å². The van der Waals surface area contributed by atoms with Crippen molar-refractivity contribution in [3.8, 4) is 11.6 Å². The second kappa shape index (κ2) is 9.04. The highest BCUT2D eigenvalue weighted by Crippen LogP contribution is 2.37. The lowest BCUT2D eigenvalue weighted by atomic mass is 10.0. The molecule has 1 saturated heterocycles. The maximum atomic E-state index is 13.7. The number of imide groups is 1. The molecule has 1 fully saturated rings. The third-order valence-corrected chi connectivity index (χ3v) is 6.32. The summed E-state index contributed by atoms with van der Waals surface area (Å²) in [5.41, 5.74) is 1.27. The Kier molecular flexibility index (Phi) is 5.93. The summed E-state index contributed by atoms with van der Waals surface area (Å²) >= 11 is 6.13. The van der Waals surface area contributed by atoms with Crippen LogP contribution in [0.2, 0.25) is 5.02 Å². The molecule has 1 unspecified atom stereocenters. The van der Waals surface area contributed by atoms with E-state index >= 15 is 0 Å². The van der Waals surface area contributed by atoms with E-state index in [1.807, 2.05) is 13.0 Å². The zero-order valence-corrected chi connectivity index (χ0v) is 19.4. The van der Waals surface area contributed by atoms with Crippen LogP contribution in [0.4, 0.5) is 0 Å². The summed E-state index contributed by atoms with van der Waals surface area (Å²) in [6, 6.07) is 12.1. The molecule has 2 aliphatic heterocycles. The number of benzene rings is 1. The van der Waals surface area contributed by atoms with Crippen LogP contribution < -0.4 is 9.67 Å². The number of hydrogen-bond donors (Lipinski definition) is 0. The molecule has 0 N–H and O–H groups in total. The van der Waals surface area contributed by atoms with Crippen molar-refractivity contribution in [2.45, 2.75) is 32.3 Å². The Hall–Kier alpha value is -3.49. The molecule has 1 atom stereocenters. The maximum absolute atomic E-state index is 13.7. The van der Waals surface area contributed by atoms with Gasteiger partial charge in [0.15, 0.2) is 12.4 Å². The highest BCUT2D eigenvalue weighted by atomic mass is 35.5. The van der Waals surface area contributed by atoms with Crippen molar-refractivity contribution in [2.75, 3.05) is 13.2 Å². The minimum Gasteiger partial charge on any atom is -0.858 e. The second-order valence-electron chi connectivity index (χ2n) is 8.23. The van der Waals surface area contributed by atoms with Gasteiger partial charge in [-0.2, -0.15) is 9.67 Å². The smallest absolute Gasteiger partial charge is 0.327 e. The van der Waals surface area contributed by atoms with Gasteiger partial charge >= 0.3 is 5.91 Å². The minimum absolute atomic E-state index is 0.0642. The molecule has 34 heavy (non-hydrogen) atoms. The number of halogens is 1. The molecule has 9 heteroatoms. The molecule has 2 amide bonds. The number of nitrogens with zero attached hydrogens (tertiary/aromatic N) is 4. The number of rotatable bonds is 6. The van der Waals surface area contributed by atoms with Crippen LogP contribution in [0.25, 0.3) is 17.0 Å². The van der Waals surface area contributed by atoms with Crippen LogP contribution in [0.5, 0.6) is 5.88 Å². The molecule has 0 aliphatic carbocycles. The van der Waals surface area contributed by atoms with Gasteiger partial charge in [-0.1, -0.05) is 30.7 Å². The number of pyridine rings is 1. The summed E-state index contributed by atoms with van der Waals surface area (Å²) in [5, 5.41) is 18.6. The number of aryl methyl sites for hydroxylation is 1. The van der Waals surface area contributed by atoms with Gasteiger partial charge in [0.2, 0.25) is 0 Å². The van der Waals surface area contributed by atoms with Gasteiger partial charge in [0.25, 0.3) is 11.6 Å². The Morgan fingerprint density at radius 3 is 2.65 bits per heavy atom. The van der Waals surface area contributed by atoms with Gasteiger partial charge in [0.05, 0.1) is 24.0 Å². The van der Waals surface area contributed by atoms with Crippen LogP contribution in [0.3, 0.4) is 0 Å². The fraction of sp³-hybridized carbons (Fsp3) is 0.280.